The van der Waals surface area contributed by atoms with Crippen molar-refractivity contribution in [1.29, 1.82) is 0 Å². The van der Waals surface area contributed by atoms with Crippen molar-refractivity contribution >= 4 is 24.4 Å². The summed E-state index contributed by atoms with van der Waals surface area (Å²) in [6.45, 7) is 5.35. The van der Waals surface area contributed by atoms with Gasteiger partial charge in [0, 0.05) is 12.7 Å². The molecule has 1 aromatic rings. The maximum absolute atomic E-state index is 11.8. The van der Waals surface area contributed by atoms with Crippen LogP contribution in [0.1, 0.15) is 20.8 Å². The van der Waals surface area contributed by atoms with Crippen molar-refractivity contribution in [2.24, 2.45) is 0 Å². The zero-order chi connectivity index (χ0) is 13.9. The van der Waals surface area contributed by atoms with Crippen LogP contribution in [0.25, 0.3) is 0 Å². The molecular weight excluding hydrogens is 233 g/mol. The van der Waals surface area contributed by atoms with Crippen LogP contribution in [0.5, 0.6) is 0 Å². The molecule has 0 spiro atoms. The normalized spacial score (nSPS) is 11.0. The monoisotopic (exact) mass is 251 g/mol. The number of hydrogen-bond acceptors (Lipinski definition) is 4. The van der Waals surface area contributed by atoms with Crippen molar-refractivity contribution in [3.05, 3.63) is 24.3 Å². The van der Waals surface area contributed by atoms with Gasteiger partial charge in [-0.3, -0.25) is 4.90 Å². The first kappa shape index (κ1) is 14.5. The zero-order valence-electron chi connectivity index (χ0n) is 11.0. The van der Waals surface area contributed by atoms with E-state index in [1.54, 1.807) is 46.0 Å². The van der Waals surface area contributed by atoms with E-state index in [2.05, 4.69) is 0 Å². The van der Waals surface area contributed by atoms with Gasteiger partial charge in [-0.25, -0.2) is 4.79 Å². The van der Waals surface area contributed by atoms with Crippen molar-refractivity contribution < 1.29 is 19.6 Å². The summed E-state index contributed by atoms with van der Waals surface area (Å²) in [5.74, 6) is 0. The largest absolute Gasteiger partial charge is 0.488 e. The molecule has 5 nitrogen and oxygen atoms in total. The second kappa shape index (κ2) is 5.41. The Labute approximate surface area is 107 Å². The van der Waals surface area contributed by atoms with Crippen LogP contribution in [-0.4, -0.2) is 35.9 Å². The van der Waals surface area contributed by atoms with Gasteiger partial charge in [-0.05, 0) is 38.4 Å². The maximum Gasteiger partial charge on any atom is 0.488 e. The molecule has 0 heterocycles. The topological polar surface area (TPSA) is 70.0 Å². The van der Waals surface area contributed by atoms with E-state index in [-0.39, 0.29) is 0 Å². The molecule has 18 heavy (non-hydrogen) atoms. The number of hydrogen-bond donors (Lipinski definition) is 2. The Morgan fingerprint density at radius 3 is 2.44 bits per heavy atom. The molecule has 0 aliphatic heterocycles. The summed E-state index contributed by atoms with van der Waals surface area (Å²) in [7, 11) is 0.00806. The fourth-order valence-corrected chi connectivity index (χ4v) is 1.33. The Morgan fingerprint density at radius 2 is 1.94 bits per heavy atom. The van der Waals surface area contributed by atoms with E-state index in [1.807, 2.05) is 0 Å². The summed E-state index contributed by atoms with van der Waals surface area (Å²) in [6, 6.07) is 6.42. The van der Waals surface area contributed by atoms with Gasteiger partial charge in [0.2, 0.25) is 0 Å². The van der Waals surface area contributed by atoms with E-state index in [9.17, 15) is 4.79 Å². The van der Waals surface area contributed by atoms with Gasteiger partial charge < -0.3 is 14.8 Å². The highest BCUT2D eigenvalue weighted by molar-refractivity contribution is 6.58. The highest BCUT2D eigenvalue weighted by atomic mass is 16.6. The van der Waals surface area contributed by atoms with Crippen LogP contribution in [0.2, 0.25) is 0 Å². The predicted molar refractivity (Wildman–Crippen MR) is 70.9 cm³/mol. The van der Waals surface area contributed by atoms with E-state index in [0.717, 1.165) is 0 Å². The number of nitrogens with zero attached hydrogens (tertiary/aromatic N) is 1. The molecule has 0 fully saturated rings. The van der Waals surface area contributed by atoms with E-state index < -0.39 is 18.8 Å². The zero-order valence-corrected chi connectivity index (χ0v) is 11.0. The number of amides is 1. The van der Waals surface area contributed by atoms with E-state index in [1.165, 1.54) is 11.0 Å². The van der Waals surface area contributed by atoms with Gasteiger partial charge in [-0.2, -0.15) is 0 Å². The van der Waals surface area contributed by atoms with Crippen LogP contribution in [0.15, 0.2) is 24.3 Å². The highest BCUT2D eigenvalue weighted by Gasteiger charge is 2.21. The number of ether oxygens (including phenoxy) is 1. The lowest BCUT2D eigenvalue weighted by Crippen LogP contribution is -2.35. The number of benzene rings is 1. The number of carbonyl (C=O) groups excluding carboxylic acids is 1. The van der Waals surface area contributed by atoms with Gasteiger partial charge >= 0.3 is 13.2 Å². The maximum atomic E-state index is 11.8. The Bertz CT molecular complexity index is 428. The molecule has 0 aromatic heterocycles. The molecule has 0 bridgehead atoms. The standard InChI is InChI=1S/C12H18BNO4/c1-12(2,3)18-11(15)14(4)10-7-5-6-9(8-10)13(16)17/h5-8,16-17H,1-4H3. The highest BCUT2D eigenvalue weighted by Crippen LogP contribution is 2.15. The smallest absolute Gasteiger partial charge is 0.443 e. The van der Waals surface area contributed by atoms with Crippen LogP contribution in [0.3, 0.4) is 0 Å². The minimum atomic E-state index is -1.56. The van der Waals surface area contributed by atoms with Gasteiger partial charge in [-0.15, -0.1) is 0 Å². The summed E-state index contributed by atoms with van der Waals surface area (Å²) in [4.78, 5) is 13.1. The first-order valence-electron chi connectivity index (χ1n) is 5.63. The van der Waals surface area contributed by atoms with Crippen LogP contribution in [-0.2, 0) is 4.74 Å². The molecule has 2 N–H and O–H groups in total. The molecular formula is C12H18BNO4. The molecule has 0 unspecified atom stereocenters. The molecule has 0 atom stereocenters. The lowest BCUT2D eigenvalue weighted by molar-refractivity contribution is 0.0589. The van der Waals surface area contributed by atoms with Crippen LogP contribution >= 0.6 is 0 Å². The molecule has 0 saturated heterocycles. The minimum absolute atomic E-state index is 0.322. The molecule has 1 rings (SSSR count). The lowest BCUT2D eigenvalue weighted by atomic mass is 9.80. The first-order chi connectivity index (χ1) is 8.20. The van der Waals surface area contributed by atoms with E-state index in [4.69, 9.17) is 14.8 Å². The predicted octanol–water partition coefficient (Wildman–Crippen LogP) is 0.738. The van der Waals surface area contributed by atoms with Crippen LogP contribution in [0.4, 0.5) is 10.5 Å². The summed E-state index contributed by atoms with van der Waals surface area (Å²) in [5.41, 5.74) is 0.289. The Balaban J connectivity index is 2.87. The summed E-state index contributed by atoms with van der Waals surface area (Å²) >= 11 is 0. The second-order valence-electron chi connectivity index (χ2n) is 5.01. The fraction of sp³-hybridized carbons (Fsp3) is 0.417. The SMILES string of the molecule is CN(C(=O)OC(C)(C)C)c1cccc(B(O)O)c1. The minimum Gasteiger partial charge on any atom is -0.443 e. The molecule has 1 amide bonds. The first-order valence-corrected chi connectivity index (χ1v) is 5.63. The average molecular weight is 251 g/mol. The lowest BCUT2D eigenvalue weighted by Gasteiger charge is -2.24. The van der Waals surface area contributed by atoms with Crippen molar-refractivity contribution in [3.8, 4) is 0 Å². The van der Waals surface area contributed by atoms with Gasteiger partial charge in [0.05, 0.1) is 0 Å². The fourth-order valence-electron chi connectivity index (χ4n) is 1.33. The number of carbonyl (C=O) groups is 1. The molecule has 1 aromatic carbocycles. The van der Waals surface area contributed by atoms with Crippen molar-refractivity contribution in [2.45, 2.75) is 26.4 Å². The average Bonchev–Trinajstić information content (AvgIpc) is 2.26. The molecule has 0 radical (unpaired) electrons. The second-order valence-corrected chi connectivity index (χ2v) is 5.01. The molecule has 0 saturated carbocycles. The third-order valence-electron chi connectivity index (χ3n) is 2.22. The Hall–Kier alpha value is -1.53. The van der Waals surface area contributed by atoms with Gasteiger partial charge in [0.25, 0.3) is 0 Å². The van der Waals surface area contributed by atoms with Gasteiger partial charge in [-0.1, -0.05) is 12.1 Å². The van der Waals surface area contributed by atoms with E-state index >= 15 is 0 Å². The van der Waals surface area contributed by atoms with Crippen molar-refractivity contribution in [1.82, 2.24) is 0 Å². The van der Waals surface area contributed by atoms with Crippen molar-refractivity contribution in [2.75, 3.05) is 11.9 Å². The molecule has 98 valence electrons. The third kappa shape index (κ3) is 4.05. The van der Waals surface area contributed by atoms with Gasteiger partial charge in [0.1, 0.15) is 5.60 Å². The third-order valence-corrected chi connectivity index (χ3v) is 2.22. The molecule has 6 heteroatoms. The summed E-state index contributed by atoms with van der Waals surface area (Å²) < 4.78 is 5.22. The van der Waals surface area contributed by atoms with Crippen LogP contribution in [0, 0.1) is 0 Å². The van der Waals surface area contributed by atoms with E-state index in [0.29, 0.717) is 11.2 Å². The van der Waals surface area contributed by atoms with Crippen LogP contribution < -0.4 is 10.4 Å². The Morgan fingerprint density at radius 1 is 1.33 bits per heavy atom. The summed E-state index contributed by atoms with van der Waals surface area (Å²) in [6.07, 6.45) is -0.493. The Kier molecular flexibility index (Phi) is 4.37. The van der Waals surface area contributed by atoms with Crippen molar-refractivity contribution in [3.63, 3.8) is 0 Å². The molecule has 0 aliphatic rings. The molecule has 0 aliphatic carbocycles. The quantitative estimate of drug-likeness (QED) is 0.760. The van der Waals surface area contributed by atoms with Gasteiger partial charge in [0.15, 0.2) is 0 Å². The number of rotatable bonds is 2. The number of anilines is 1. The summed E-state index contributed by atoms with van der Waals surface area (Å²) in [5, 5.41) is 18.2.